The van der Waals surface area contributed by atoms with Crippen LogP contribution in [0, 0.1) is 0 Å². The second kappa shape index (κ2) is 7.15. The van der Waals surface area contributed by atoms with Crippen LogP contribution in [0.3, 0.4) is 0 Å². The molecule has 1 amide bonds. The highest BCUT2D eigenvalue weighted by molar-refractivity contribution is 6.32. The van der Waals surface area contributed by atoms with Crippen molar-refractivity contribution in [3.05, 3.63) is 46.7 Å². The zero-order valence-corrected chi connectivity index (χ0v) is 13.9. The second-order valence-electron chi connectivity index (χ2n) is 5.52. The van der Waals surface area contributed by atoms with Crippen molar-refractivity contribution < 1.29 is 9.53 Å². The van der Waals surface area contributed by atoms with Crippen LogP contribution in [0.1, 0.15) is 29.4 Å². The molecule has 0 atom stereocenters. The first-order chi connectivity index (χ1) is 11.2. The Morgan fingerprint density at radius 2 is 2.04 bits per heavy atom. The van der Waals surface area contributed by atoms with Gasteiger partial charge in [-0.3, -0.25) is 4.79 Å². The highest BCUT2D eigenvalue weighted by atomic mass is 35.5. The van der Waals surface area contributed by atoms with Crippen LogP contribution in [0.4, 0.5) is 0 Å². The Bertz CT molecular complexity index is 693. The average molecular weight is 334 g/mol. The Labute approximate surface area is 140 Å². The maximum absolute atomic E-state index is 12.8. The van der Waals surface area contributed by atoms with Crippen LogP contribution in [0.25, 0.3) is 5.69 Å². The number of rotatable bonds is 4. The van der Waals surface area contributed by atoms with Crippen LogP contribution in [0.2, 0.25) is 5.02 Å². The summed E-state index contributed by atoms with van der Waals surface area (Å²) in [7, 11) is 0. The van der Waals surface area contributed by atoms with E-state index >= 15 is 0 Å². The van der Waals surface area contributed by atoms with Gasteiger partial charge in [0.25, 0.3) is 5.91 Å². The lowest BCUT2D eigenvalue weighted by atomic mass is 10.1. The predicted molar refractivity (Wildman–Crippen MR) is 89.3 cm³/mol. The van der Waals surface area contributed by atoms with Crippen molar-refractivity contribution in [3.8, 4) is 5.69 Å². The molecule has 2 heterocycles. The minimum atomic E-state index is 0.0232. The summed E-state index contributed by atoms with van der Waals surface area (Å²) in [5, 5.41) is 5.06. The van der Waals surface area contributed by atoms with Crippen LogP contribution in [0.5, 0.6) is 0 Å². The van der Waals surface area contributed by atoms with Crippen molar-refractivity contribution >= 4 is 17.5 Å². The van der Waals surface area contributed by atoms with E-state index in [1.165, 1.54) is 0 Å². The van der Waals surface area contributed by atoms with E-state index in [0.717, 1.165) is 24.2 Å². The molecule has 6 heteroatoms. The van der Waals surface area contributed by atoms with Gasteiger partial charge in [-0.2, -0.15) is 5.10 Å². The quantitative estimate of drug-likeness (QED) is 0.864. The van der Waals surface area contributed by atoms with E-state index in [4.69, 9.17) is 16.3 Å². The third-order valence-corrected chi connectivity index (χ3v) is 4.28. The van der Waals surface area contributed by atoms with Crippen LogP contribution in [-0.2, 0) is 11.2 Å². The van der Waals surface area contributed by atoms with Crippen molar-refractivity contribution in [3.63, 3.8) is 0 Å². The summed E-state index contributed by atoms with van der Waals surface area (Å²) in [5.41, 5.74) is 2.38. The molecular weight excluding hydrogens is 314 g/mol. The van der Waals surface area contributed by atoms with E-state index in [0.29, 0.717) is 36.9 Å². The largest absolute Gasteiger partial charge is 0.378 e. The van der Waals surface area contributed by atoms with Crippen LogP contribution >= 0.6 is 11.6 Å². The van der Waals surface area contributed by atoms with Gasteiger partial charge in [0.05, 0.1) is 41.4 Å². The number of ether oxygens (including phenoxy) is 1. The van der Waals surface area contributed by atoms with Gasteiger partial charge in [-0.15, -0.1) is 0 Å². The first-order valence-electron chi connectivity index (χ1n) is 7.91. The SMILES string of the molecule is CCCc1c(C(=O)N2CCOCC2)cnn1-c1ccccc1Cl. The number of para-hydroxylation sites is 1. The average Bonchev–Trinajstić information content (AvgIpc) is 2.99. The van der Waals surface area contributed by atoms with Crippen LogP contribution in [-0.4, -0.2) is 46.9 Å². The number of hydrogen-bond acceptors (Lipinski definition) is 3. The molecule has 0 saturated carbocycles. The smallest absolute Gasteiger partial charge is 0.257 e. The van der Waals surface area contributed by atoms with Gasteiger partial charge < -0.3 is 9.64 Å². The molecule has 1 aromatic carbocycles. The summed E-state index contributed by atoms with van der Waals surface area (Å²) in [4.78, 5) is 14.6. The summed E-state index contributed by atoms with van der Waals surface area (Å²) < 4.78 is 7.11. The first-order valence-corrected chi connectivity index (χ1v) is 8.29. The summed E-state index contributed by atoms with van der Waals surface area (Å²) in [6.07, 6.45) is 3.36. The number of amides is 1. The summed E-state index contributed by atoms with van der Waals surface area (Å²) >= 11 is 6.30. The molecule has 23 heavy (non-hydrogen) atoms. The maximum atomic E-state index is 12.8. The molecule has 0 radical (unpaired) electrons. The molecular formula is C17H20ClN3O2. The number of carbonyl (C=O) groups excluding carboxylic acids is 1. The van der Waals surface area contributed by atoms with Gasteiger partial charge in [0, 0.05) is 13.1 Å². The number of carbonyl (C=O) groups is 1. The normalized spacial score (nSPS) is 15.0. The Morgan fingerprint density at radius 3 is 2.74 bits per heavy atom. The molecule has 0 aliphatic carbocycles. The summed E-state index contributed by atoms with van der Waals surface area (Å²) in [6, 6.07) is 7.55. The fraction of sp³-hybridized carbons (Fsp3) is 0.412. The van der Waals surface area contributed by atoms with E-state index in [-0.39, 0.29) is 5.91 Å². The molecule has 2 aromatic rings. The first kappa shape index (κ1) is 16.0. The van der Waals surface area contributed by atoms with Gasteiger partial charge in [-0.05, 0) is 18.6 Å². The lowest BCUT2D eigenvalue weighted by Gasteiger charge is -2.26. The van der Waals surface area contributed by atoms with E-state index in [1.807, 2.05) is 29.2 Å². The van der Waals surface area contributed by atoms with E-state index < -0.39 is 0 Å². The number of morpholine rings is 1. The van der Waals surface area contributed by atoms with Crippen molar-refractivity contribution in [1.29, 1.82) is 0 Å². The van der Waals surface area contributed by atoms with Gasteiger partial charge in [0.15, 0.2) is 0 Å². The number of halogens is 1. The maximum Gasteiger partial charge on any atom is 0.257 e. The minimum Gasteiger partial charge on any atom is -0.378 e. The number of benzene rings is 1. The molecule has 1 aromatic heterocycles. The van der Waals surface area contributed by atoms with E-state index in [1.54, 1.807) is 10.9 Å². The zero-order chi connectivity index (χ0) is 16.2. The van der Waals surface area contributed by atoms with Gasteiger partial charge >= 0.3 is 0 Å². The van der Waals surface area contributed by atoms with Crippen molar-refractivity contribution in [1.82, 2.24) is 14.7 Å². The second-order valence-corrected chi connectivity index (χ2v) is 5.93. The molecule has 0 N–H and O–H groups in total. The van der Waals surface area contributed by atoms with Crippen molar-refractivity contribution in [2.24, 2.45) is 0 Å². The predicted octanol–water partition coefficient (Wildman–Crippen LogP) is 2.95. The van der Waals surface area contributed by atoms with Gasteiger partial charge in [0.2, 0.25) is 0 Å². The standard InChI is InChI=1S/C17H20ClN3O2/c1-2-5-15-13(17(22)20-8-10-23-11-9-20)12-19-21(15)16-7-4-3-6-14(16)18/h3-4,6-7,12H,2,5,8-11H2,1H3. The third kappa shape index (κ3) is 3.26. The molecule has 3 rings (SSSR count). The zero-order valence-electron chi connectivity index (χ0n) is 13.2. The topological polar surface area (TPSA) is 47.4 Å². The number of hydrogen-bond donors (Lipinski definition) is 0. The monoisotopic (exact) mass is 333 g/mol. The Hall–Kier alpha value is -1.85. The van der Waals surface area contributed by atoms with Crippen molar-refractivity contribution in [2.75, 3.05) is 26.3 Å². The summed E-state index contributed by atoms with van der Waals surface area (Å²) in [6.45, 7) is 4.53. The highest BCUT2D eigenvalue weighted by Crippen LogP contribution is 2.24. The molecule has 122 valence electrons. The van der Waals surface area contributed by atoms with Gasteiger partial charge in [-0.1, -0.05) is 37.1 Å². The molecule has 5 nitrogen and oxygen atoms in total. The van der Waals surface area contributed by atoms with E-state index in [2.05, 4.69) is 12.0 Å². The Morgan fingerprint density at radius 1 is 1.30 bits per heavy atom. The molecule has 1 saturated heterocycles. The minimum absolute atomic E-state index is 0.0232. The van der Waals surface area contributed by atoms with Gasteiger partial charge in [-0.25, -0.2) is 4.68 Å². The third-order valence-electron chi connectivity index (χ3n) is 3.97. The fourth-order valence-electron chi connectivity index (χ4n) is 2.80. The molecule has 0 unspecified atom stereocenters. The molecule has 1 aliphatic heterocycles. The van der Waals surface area contributed by atoms with Crippen LogP contribution < -0.4 is 0 Å². The molecule has 1 aliphatic rings. The van der Waals surface area contributed by atoms with Crippen molar-refractivity contribution in [2.45, 2.75) is 19.8 Å². The van der Waals surface area contributed by atoms with Crippen LogP contribution in [0.15, 0.2) is 30.5 Å². The van der Waals surface area contributed by atoms with Gasteiger partial charge in [0.1, 0.15) is 0 Å². The summed E-state index contributed by atoms with van der Waals surface area (Å²) in [5.74, 6) is 0.0232. The molecule has 0 spiro atoms. The lowest BCUT2D eigenvalue weighted by molar-refractivity contribution is 0.0302. The molecule has 0 bridgehead atoms. The number of aromatic nitrogens is 2. The fourth-order valence-corrected chi connectivity index (χ4v) is 3.01. The highest BCUT2D eigenvalue weighted by Gasteiger charge is 2.24. The van der Waals surface area contributed by atoms with E-state index in [9.17, 15) is 4.79 Å². The lowest BCUT2D eigenvalue weighted by Crippen LogP contribution is -2.40. The Kier molecular flexibility index (Phi) is 4.98. The number of nitrogens with zero attached hydrogens (tertiary/aromatic N) is 3. The molecule has 1 fully saturated rings. The Balaban J connectivity index is 1.98.